The van der Waals surface area contributed by atoms with Crippen LogP contribution in [0.4, 0.5) is 0 Å². The third-order valence-electron chi connectivity index (χ3n) is 3.07. The van der Waals surface area contributed by atoms with Gasteiger partial charge in [-0.1, -0.05) is 0 Å². The van der Waals surface area contributed by atoms with Crippen molar-refractivity contribution in [2.75, 3.05) is 14.1 Å². The third kappa shape index (κ3) is 2.56. The number of hydrogen-bond donors (Lipinski definition) is 0. The Bertz CT molecular complexity index is 671. The Morgan fingerprint density at radius 2 is 2.05 bits per heavy atom. The van der Waals surface area contributed by atoms with E-state index in [0.29, 0.717) is 5.69 Å². The van der Waals surface area contributed by atoms with Crippen molar-refractivity contribution in [1.82, 2.24) is 14.3 Å². The number of allylic oxidation sites excluding steroid dienone is 1. The minimum Gasteiger partial charge on any atom is -0.383 e. The van der Waals surface area contributed by atoms with Gasteiger partial charge in [0.1, 0.15) is 11.3 Å². The minimum absolute atomic E-state index is 0.0589. The summed E-state index contributed by atoms with van der Waals surface area (Å²) in [5.41, 5.74) is 3.60. The summed E-state index contributed by atoms with van der Waals surface area (Å²) < 4.78 is 2.80. The highest BCUT2D eigenvalue weighted by Crippen LogP contribution is 2.23. The van der Waals surface area contributed by atoms with Crippen molar-refractivity contribution < 1.29 is 4.79 Å². The quantitative estimate of drug-likeness (QED) is 0.644. The fourth-order valence-corrected chi connectivity index (χ4v) is 2.31. The Hall–Kier alpha value is -1.62. The third-order valence-corrected chi connectivity index (χ3v) is 3.87. The maximum absolute atomic E-state index is 12.1. The molecule has 0 saturated carbocycles. The van der Waals surface area contributed by atoms with E-state index < -0.39 is 0 Å². The normalized spacial score (nSPS) is 11.4. The fourth-order valence-electron chi connectivity index (χ4n) is 1.81. The van der Waals surface area contributed by atoms with Crippen molar-refractivity contribution in [3.63, 3.8) is 0 Å². The summed E-state index contributed by atoms with van der Waals surface area (Å²) in [5, 5.41) is 0. The summed E-state index contributed by atoms with van der Waals surface area (Å²) in [6, 6.07) is 0. The molecule has 0 saturated heterocycles. The van der Waals surface area contributed by atoms with Gasteiger partial charge in [-0.25, -0.2) is 4.98 Å². The van der Waals surface area contributed by atoms with Gasteiger partial charge in [0.15, 0.2) is 0 Å². The van der Waals surface area contributed by atoms with Crippen LogP contribution in [0.1, 0.15) is 21.6 Å². The molecule has 0 N–H and O–H groups in total. The smallest absolute Gasteiger partial charge is 0.205 e. The van der Waals surface area contributed by atoms with Crippen molar-refractivity contribution in [3.05, 3.63) is 46.0 Å². The first kappa shape index (κ1) is 13.8. The summed E-state index contributed by atoms with van der Waals surface area (Å²) in [4.78, 5) is 18.3. The van der Waals surface area contributed by atoms with E-state index in [9.17, 15) is 4.79 Å². The second kappa shape index (κ2) is 5.17. The predicted octanol–water partition coefficient (Wildman–Crippen LogP) is 2.97. The lowest BCUT2D eigenvalue weighted by atomic mass is 10.2. The maximum atomic E-state index is 12.1. The highest BCUT2D eigenvalue weighted by molar-refractivity contribution is 9.10. The SMILES string of the molecule is Cc1c(Br)cn2c(C(=O)/C=C/N(C)C)cnc2c1C. The van der Waals surface area contributed by atoms with Crippen molar-refractivity contribution in [2.24, 2.45) is 0 Å². The summed E-state index contributed by atoms with van der Waals surface area (Å²) in [5.74, 6) is -0.0589. The molecule has 0 aliphatic carbocycles. The van der Waals surface area contributed by atoms with Gasteiger partial charge in [-0.2, -0.15) is 0 Å². The van der Waals surface area contributed by atoms with E-state index in [1.165, 1.54) is 0 Å². The number of carbonyl (C=O) groups excluding carboxylic acids is 1. The molecule has 0 aliphatic rings. The van der Waals surface area contributed by atoms with E-state index in [0.717, 1.165) is 21.2 Å². The Kier molecular flexibility index (Phi) is 3.75. The van der Waals surface area contributed by atoms with E-state index in [2.05, 4.69) is 20.9 Å². The van der Waals surface area contributed by atoms with Crippen LogP contribution in [0.15, 0.2) is 29.1 Å². The fraction of sp³-hybridized carbons (Fsp3) is 0.286. The van der Waals surface area contributed by atoms with Gasteiger partial charge in [-0.3, -0.25) is 9.20 Å². The highest BCUT2D eigenvalue weighted by Gasteiger charge is 2.13. The zero-order chi connectivity index (χ0) is 14.2. The lowest BCUT2D eigenvalue weighted by molar-refractivity contribution is 0.104. The van der Waals surface area contributed by atoms with Gasteiger partial charge in [-0.15, -0.1) is 0 Å². The largest absolute Gasteiger partial charge is 0.383 e. The summed E-state index contributed by atoms with van der Waals surface area (Å²) in [6.45, 7) is 4.04. The average Bonchev–Trinajstić information content (AvgIpc) is 2.77. The number of imidazole rings is 1. The number of aryl methyl sites for hydroxylation is 1. The molecule has 0 amide bonds. The first-order chi connectivity index (χ1) is 8.91. The number of carbonyl (C=O) groups is 1. The molecule has 19 heavy (non-hydrogen) atoms. The van der Waals surface area contributed by atoms with Crippen LogP contribution >= 0.6 is 15.9 Å². The Morgan fingerprint density at radius 1 is 1.37 bits per heavy atom. The number of aromatic nitrogens is 2. The van der Waals surface area contributed by atoms with E-state index >= 15 is 0 Å². The van der Waals surface area contributed by atoms with Gasteiger partial charge in [0.2, 0.25) is 5.78 Å². The molecule has 2 heterocycles. The molecule has 0 fully saturated rings. The molecule has 0 aliphatic heterocycles. The van der Waals surface area contributed by atoms with E-state index in [1.54, 1.807) is 18.5 Å². The predicted molar refractivity (Wildman–Crippen MR) is 79.5 cm³/mol. The molecule has 5 heteroatoms. The summed E-state index contributed by atoms with van der Waals surface area (Å²) in [7, 11) is 3.75. The molecule has 0 atom stereocenters. The second-order valence-corrected chi connectivity index (χ2v) is 5.56. The lowest BCUT2D eigenvalue weighted by Gasteiger charge is -2.07. The van der Waals surface area contributed by atoms with Gasteiger partial charge in [-0.05, 0) is 40.9 Å². The number of fused-ring (bicyclic) bond motifs is 1. The molecule has 2 rings (SSSR count). The van der Waals surface area contributed by atoms with Gasteiger partial charge < -0.3 is 4.90 Å². The Labute approximate surface area is 120 Å². The molecule has 2 aromatic heterocycles. The van der Waals surface area contributed by atoms with E-state index in [1.807, 2.05) is 43.4 Å². The number of pyridine rings is 1. The first-order valence-corrected chi connectivity index (χ1v) is 6.73. The molecule has 4 nitrogen and oxygen atoms in total. The number of rotatable bonds is 3. The summed E-state index contributed by atoms with van der Waals surface area (Å²) >= 11 is 3.51. The lowest BCUT2D eigenvalue weighted by Crippen LogP contribution is -2.05. The minimum atomic E-state index is -0.0589. The van der Waals surface area contributed by atoms with E-state index in [-0.39, 0.29) is 5.78 Å². The average molecular weight is 322 g/mol. The molecule has 100 valence electrons. The topological polar surface area (TPSA) is 37.6 Å². The van der Waals surface area contributed by atoms with Crippen LogP contribution in [0, 0.1) is 13.8 Å². The van der Waals surface area contributed by atoms with E-state index in [4.69, 9.17) is 0 Å². The zero-order valence-corrected chi connectivity index (χ0v) is 13.0. The van der Waals surface area contributed by atoms with Gasteiger partial charge in [0.05, 0.1) is 6.20 Å². The van der Waals surface area contributed by atoms with Crippen LogP contribution in [0.2, 0.25) is 0 Å². The van der Waals surface area contributed by atoms with Gasteiger partial charge in [0, 0.05) is 37.0 Å². The number of ketones is 1. The molecular formula is C14H16BrN3O. The molecular weight excluding hydrogens is 306 g/mol. The standard InChI is InChI=1S/C14H16BrN3O/c1-9-10(2)14-16-7-12(18(14)8-11(9)15)13(19)5-6-17(3)4/h5-8H,1-4H3/b6-5+. The monoisotopic (exact) mass is 321 g/mol. The second-order valence-electron chi connectivity index (χ2n) is 4.71. The van der Waals surface area contributed by atoms with Gasteiger partial charge >= 0.3 is 0 Å². The molecule has 0 radical (unpaired) electrons. The molecule has 0 aromatic carbocycles. The number of nitrogens with zero attached hydrogens (tertiary/aromatic N) is 3. The molecule has 0 spiro atoms. The Balaban J connectivity index is 2.55. The van der Waals surface area contributed by atoms with Crippen LogP contribution in [0.5, 0.6) is 0 Å². The Morgan fingerprint density at radius 3 is 2.68 bits per heavy atom. The zero-order valence-electron chi connectivity index (χ0n) is 11.4. The van der Waals surface area contributed by atoms with Gasteiger partial charge in [0.25, 0.3) is 0 Å². The van der Waals surface area contributed by atoms with Crippen molar-refractivity contribution >= 4 is 27.4 Å². The van der Waals surface area contributed by atoms with Crippen LogP contribution in [-0.2, 0) is 0 Å². The summed E-state index contributed by atoms with van der Waals surface area (Å²) in [6.07, 6.45) is 6.79. The highest BCUT2D eigenvalue weighted by atomic mass is 79.9. The molecule has 0 bridgehead atoms. The number of halogens is 1. The van der Waals surface area contributed by atoms with Crippen molar-refractivity contribution in [3.8, 4) is 0 Å². The maximum Gasteiger partial charge on any atom is 0.205 e. The van der Waals surface area contributed by atoms with Crippen LogP contribution in [0.3, 0.4) is 0 Å². The van der Waals surface area contributed by atoms with Crippen LogP contribution in [-0.4, -0.2) is 34.2 Å². The molecule has 0 unspecified atom stereocenters. The van der Waals surface area contributed by atoms with Crippen LogP contribution in [0.25, 0.3) is 5.65 Å². The first-order valence-electron chi connectivity index (χ1n) is 5.93. The van der Waals surface area contributed by atoms with Crippen molar-refractivity contribution in [2.45, 2.75) is 13.8 Å². The number of hydrogen-bond acceptors (Lipinski definition) is 3. The van der Waals surface area contributed by atoms with Crippen molar-refractivity contribution in [1.29, 1.82) is 0 Å². The van der Waals surface area contributed by atoms with Crippen LogP contribution < -0.4 is 0 Å². The molecule has 2 aromatic rings.